The van der Waals surface area contributed by atoms with Gasteiger partial charge in [-0.3, -0.25) is 0 Å². The maximum Gasteiger partial charge on any atom is 0.00103 e. The first-order chi connectivity index (χ1) is 6.29. The SMILES string of the molecule is CCCNCC(CC)(CC)C1CC1. The first kappa shape index (κ1) is 11.0. The molecule has 0 unspecified atom stereocenters. The zero-order valence-electron chi connectivity index (χ0n) is 9.53. The largest absolute Gasteiger partial charge is 0.316 e. The summed E-state index contributed by atoms with van der Waals surface area (Å²) in [5, 5.41) is 3.60. The Morgan fingerprint density at radius 3 is 2.15 bits per heavy atom. The van der Waals surface area contributed by atoms with E-state index < -0.39 is 0 Å². The van der Waals surface area contributed by atoms with Crippen LogP contribution in [0.1, 0.15) is 52.9 Å². The normalized spacial score (nSPS) is 17.8. The lowest BCUT2D eigenvalue weighted by Gasteiger charge is -2.32. The van der Waals surface area contributed by atoms with E-state index in [0.29, 0.717) is 5.41 Å². The van der Waals surface area contributed by atoms with Gasteiger partial charge in [0.2, 0.25) is 0 Å². The lowest BCUT2D eigenvalue weighted by Crippen LogP contribution is -2.35. The van der Waals surface area contributed by atoms with Crippen molar-refractivity contribution in [2.75, 3.05) is 13.1 Å². The molecule has 1 rings (SSSR count). The third-order valence-electron chi connectivity index (χ3n) is 3.76. The highest BCUT2D eigenvalue weighted by Gasteiger charge is 2.41. The maximum atomic E-state index is 3.60. The van der Waals surface area contributed by atoms with Gasteiger partial charge < -0.3 is 5.32 Å². The summed E-state index contributed by atoms with van der Waals surface area (Å²) in [5.74, 6) is 1.03. The van der Waals surface area contributed by atoms with Crippen LogP contribution in [0.3, 0.4) is 0 Å². The summed E-state index contributed by atoms with van der Waals surface area (Å²) >= 11 is 0. The van der Waals surface area contributed by atoms with Crippen molar-refractivity contribution in [3.05, 3.63) is 0 Å². The van der Waals surface area contributed by atoms with Gasteiger partial charge in [-0.25, -0.2) is 0 Å². The van der Waals surface area contributed by atoms with E-state index in [4.69, 9.17) is 0 Å². The molecule has 1 fully saturated rings. The number of hydrogen-bond donors (Lipinski definition) is 1. The predicted molar refractivity (Wildman–Crippen MR) is 58.9 cm³/mol. The highest BCUT2D eigenvalue weighted by atomic mass is 14.9. The van der Waals surface area contributed by atoms with Crippen molar-refractivity contribution < 1.29 is 0 Å². The molecule has 0 radical (unpaired) electrons. The number of nitrogens with one attached hydrogen (secondary N) is 1. The van der Waals surface area contributed by atoms with E-state index in [1.807, 2.05) is 0 Å². The van der Waals surface area contributed by atoms with Crippen molar-refractivity contribution in [1.29, 1.82) is 0 Å². The zero-order valence-corrected chi connectivity index (χ0v) is 9.53. The van der Waals surface area contributed by atoms with Gasteiger partial charge in [-0.05, 0) is 50.0 Å². The second-order valence-corrected chi connectivity index (χ2v) is 4.52. The molecule has 0 spiro atoms. The molecule has 1 nitrogen and oxygen atoms in total. The summed E-state index contributed by atoms with van der Waals surface area (Å²) in [4.78, 5) is 0. The molecule has 0 heterocycles. The third kappa shape index (κ3) is 2.70. The Labute approximate surface area is 83.3 Å². The van der Waals surface area contributed by atoms with E-state index in [9.17, 15) is 0 Å². The summed E-state index contributed by atoms with van der Waals surface area (Å²) in [5.41, 5.74) is 0.634. The highest BCUT2D eigenvalue weighted by molar-refractivity contribution is 4.93. The van der Waals surface area contributed by atoms with Crippen molar-refractivity contribution in [1.82, 2.24) is 5.32 Å². The van der Waals surface area contributed by atoms with Crippen LogP contribution in [0.2, 0.25) is 0 Å². The van der Waals surface area contributed by atoms with Crippen molar-refractivity contribution >= 4 is 0 Å². The molecule has 0 atom stereocenters. The van der Waals surface area contributed by atoms with Gasteiger partial charge in [0.05, 0.1) is 0 Å². The fourth-order valence-corrected chi connectivity index (χ4v) is 2.43. The minimum atomic E-state index is 0.634. The van der Waals surface area contributed by atoms with E-state index in [0.717, 1.165) is 5.92 Å². The fraction of sp³-hybridized carbons (Fsp3) is 1.00. The Bertz CT molecular complexity index is 134. The van der Waals surface area contributed by atoms with Crippen LogP contribution in [0.15, 0.2) is 0 Å². The Morgan fingerprint density at radius 1 is 1.15 bits per heavy atom. The standard InChI is InChI=1S/C12H25N/c1-4-9-13-10-12(5-2,6-3)11-7-8-11/h11,13H,4-10H2,1-3H3. The summed E-state index contributed by atoms with van der Waals surface area (Å²) in [6.45, 7) is 9.39. The van der Waals surface area contributed by atoms with Gasteiger partial charge in [-0.15, -0.1) is 0 Å². The molecule has 0 aromatic rings. The van der Waals surface area contributed by atoms with Crippen LogP contribution in [-0.2, 0) is 0 Å². The fourth-order valence-electron chi connectivity index (χ4n) is 2.43. The second kappa shape index (κ2) is 4.99. The third-order valence-corrected chi connectivity index (χ3v) is 3.76. The van der Waals surface area contributed by atoms with Crippen LogP contribution in [0, 0.1) is 11.3 Å². The van der Waals surface area contributed by atoms with Gasteiger partial charge in [0.25, 0.3) is 0 Å². The van der Waals surface area contributed by atoms with Gasteiger partial charge in [0.15, 0.2) is 0 Å². The van der Waals surface area contributed by atoms with E-state index in [2.05, 4.69) is 26.1 Å². The second-order valence-electron chi connectivity index (χ2n) is 4.52. The maximum absolute atomic E-state index is 3.60. The van der Waals surface area contributed by atoms with Crippen LogP contribution in [-0.4, -0.2) is 13.1 Å². The van der Waals surface area contributed by atoms with Crippen molar-refractivity contribution in [2.45, 2.75) is 52.9 Å². The van der Waals surface area contributed by atoms with Crippen LogP contribution < -0.4 is 5.32 Å². The molecule has 0 aromatic carbocycles. The van der Waals surface area contributed by atoms with Gasteiger partial charge >= 0.3 is 0 Å². The first-order valence-electron chi connectivity index (χ1n) is 5.99. The molecule has 1 N–H and O–H groups in total. The van der Waals surface area contributed by atoms with Crippen LogP contribution in [0.25, 0.3) is 0 Å². The molecule has 1 heteroatoms. The molecule has 1 saturated carbocycles. The van der Waals surface area contributed by atoms with Crippen LogP contribution in [0.4, 0.5) is 0 Å². The molecule has 0 aliphatic heterocycles. The molecule has 1 aliphatic rings. The summed E-state index contributed by atoms with van der Waals surface area (Å²) in [6, 6.07) is 0. The van der Waals surface area contributed by atoms with E-state index >= 15 is 0 Å². The smallest absolute Gasteiger partial charge is 0.00103 e. The quantitative estimate of drug-likeness (QED) is 0.598. The summed E-state index contributed by atoms with van der Waals surface area (Å²) < 4.78 is 0. The topological polar surface area (TPSA) is 12.0 Å². The van der Waals surface area contributed by atoms with E-state index in [-0.39, 0.29) is 0 Å². The molecule has 0 amide bonds. The van der Waals surface area contributed by atoms with E-state index in [1.165, 1.54) is 45.2 Å². The minimum Gasteiger partial charge on any atom is -0.316 e. The molecular formula is C12H25N. The Hall–Kier alpha value is -0.0400. The Balaban J connectivity index is 2.35. The van der Waals surface area contributed by atoms with Crippen LogP contribution >= 0.6 is 0 Å². The predicted octanol–water partition coefficient (Wildman–Crippen LogP) is 3.20. The van der Waals surface area contributed by atoms with E-state index in [1.54, 1.807) is 0 Å². The van der Waals surface area contributed by atoms with Gasteiger partial charge in [0.1, 0.15) is 0 Å². The lowest BCUT2D eigenvalue weighted by atomic mass is 9.77. The summed E-state index contributed by atoms with van der Waals surface area (Å²) in [7, 11) is 0. The van der Waals surface area contributed by atoms with Gasteiger partial charge in [-0.1, -0.05) is 20.8 Å². The average Bonchev–Trinajstić information content (AvgIpc) is 2.97. The molecule has 78 valence electrons. The highest BCUT2D eigenvalue weighted by Crippen LogP contribution is 2.49. The first-order valence-corrected chi connectivity index (χ1v) is 5.99. The molecule has 13 heavy (non-hydrogen) atoms. The van der Waals surface area contributed by atoms with Gasteiger partial charge in [0, 0.05) is 6.54 Å². The zero-order chi connectivity index (χ0) is 9.73. The molecule has 0 saturated heterocycles. The molecule has 1 aliphatic carbocycles. The molecule has 0 bridgehead atoms. The molecular weight excluding hydrogens is 158 g/mol. The lowest BCUT2D eigenvalue weighted by molar-refractivity contribution is 0.207. The van der Waals surface area contributed by atoms with Crippen molar-refractivity contribution in [2.24, 2.45) is 11.3 Å². The molecule has 0 aromatic heterocycles. The van der Waals surface area contributed by atoms with Crippen molar-refractivity contribution in [3.63, 3.8) is 0 Å². The minimum absolute atomic E-state index is 0.634. The van der Waals surface area contributed by atoms with Crippen molar-refractivity contribution in [3.8, 4) is 0 Å². The Kier molecular flexibility index (Phi) is 4.24. The van der Waals surface area contributed by atoms with Crippen LogP contribution in [0.5, 0.6) is 0 Å². The average molecular weight is 183 g/mol. The summed E-state index contributed by atoms with van der Waals surface area (Å²) in [6.07, 6.45) is 6.93. The number of hydrogen-bond acceptors (Lipinski definition) is 1. The van der Waals surface area contributed by atoms with Gasteiger partial charge in [-0.2, -0.15) is 0 Å². The Morgan fingerprint density at radius 2 is 1.77 bits per heavy atom. The monoisotopic (exact) mass is 183 g/mol. The number of rotatable bonds is 7.